The van der Waals surface area contributed by atoms with Crippen molar-refractivity contribution in [2.75, 3.05) is 11.9 Å². The minimum Gasteiger partial charge on any atom is -0.337 e. The van der Waals surface area contributed by atoms with Crippen molar-refractivity contribution < 1.29 is 0 Å². The molecule has 6 heteroatoms. The Bertz CT molecular complexity index is 479. The van der Waals surface area contributed by atoms with Crippen LogP contribution >= 0.6 is 15.9 Å². The van der Waals surface area contributed by atoms with E-state index < -0.39 is 0 Å². The Morgan fingerprint density at radius 3 is 2.53 bits per heavy atom. The fourth-order valence-electron chi connectivity index (χ4n) is 1.45. The van der Waals surface area contributed by atoms with Crippen LogP contribution in [0, 0.1) is 0 Å². The van der Waals surface area contributed by atoms with Gasteiger partial charge in [-0.1, -0.05) is 15.9 Å². The molecule has 0 N–H and O–H groups in total. The Hall–Kier alpha value is -1.43. The number of halogens is 1. The number of nitrogens with zero attached hydrogens (tertiary/aromatic N) is 5. The highest BCUT2D eigenvalue weighted by molar-refractivity contribution is 9.08. The van der Waals surface area contributed by atoms with Crippen LogP contribution in [0.5, 0.6) is 0 Å². The number of imidazole rings is 1. The Kier molecular flexibility index (Phi) is 3.73. The van der Waals surface area contributed by atoms with Crippen molar-refractivity contribution >= 4 is 21.9 Å². The van der Waals surface area contributed by atoms with E-state index in [9.17, 15) is 0 Å². The number of hydrogen-bond donors (Lipinski definition) is 0. The van der Waals surface area contributed by atoms with E-state index in [-0.39, 0.29) is 0 Å². The molecule has 0 saturated heterocycles. The van der Waals surface area contributed by atoms with Crippen LogP contribution in [0.25, 0.3) is 0 Å². The number of rotatable bonds is 4. The quantitative estimate of drug-likeness (QED) is 0.806. The maximum Gasteiger partial charge on any atom is 0.225 e. The van der Waals surface area contributed by atoms with E-state index in [4.69, 9.17) is 0 Å². The second kappa shape index (κ2) is 5.27. The number of aromatic nitrogens is 4. The zero-order chi connectivity index (χ0) is 12.3. The molecule has 2 aromatic heterocycles. The average Bonchev–Trinajstić information content (AvgIpc) is 2.75. The van der Waals surface area contributed by atoms with Gasteiger partial charge < -0.3 is 9.47 Å². The van der Waals surface area contributed by atoms with Gasteiger partial charge in [0.25, 0.3) is 0 Å². The number of hydrogen-bond acceptors (Lipinski definition) is 4. The normalized spacial score (nSPS) is 10.5. The van der Waals surface area contributed by atoms with Crippen LogP contribution in [0.2, 0.25) is 0 Å². The first-order valence-electron chi connectivity index (χ1n) is 5.25. The molecule has 2 aromatic rings. The predicted molar refractivity (Wildman–Crippen MR) is 70.0 cm³/mol. The van der Waals surface area contributed by atoms with Gasteiger partial charge in [0, 0.05) is 44.2 Å². The number of aryl methyl sites for hydroxylation is 1. The van der Waals surface area contributed by atoms with Gasteiger partial charge >= 0.3 is 0 Å². The SMILES string of the molecule is CN(Cc1nccn1C)c1ncc(CBr)cn1. The lowest BCUT2D eigenvalue weighted by Crippen LogP contribution is -2.21. The molecule has 2 rings (SSSR count). The molecule has 5 nitrogen and oxygen atoms in total. The fraction of sp³-hybridized carbons (Fsp3) is 0.364. The van der Waals surface area contributed by atoms with Crippen LogP contribution in [0.4, 0.5) is 5.95 Å². The van der Waals surface area contributed by atoms with E-state index >= 15 is 0 Å². The molecule has 0 unspecified atom stereocenters. The summed E-state index contributed by atoms with van der Waals surface area (Å²) in [6.07, 6.45) is 7.37. The predicted octanol–water partition coefficient (Wildman–Crippen LogP) is 1.74. The van der Waals surface area contributed by atoms with Crippen molar-refractivity contribution in [3.05, 3.63) is 36.2 Å². The third-order valence-electron chi connectivity index (χ3n) is 2.49. The molecule has 0 spiro atoms. The van der Waals surface area contributed by atoms with Crippen LogP contribution in [0.15, 0.2) is 24.8 Å². The minimum atomic E-state index is 0.692. The van der Waals surface area contributed by atoms with E-state index in [1.807, 2.05) is 42.2 Å². The smallest absolute Gasteiger partial charge is 0.225 e. The maximum absolute atomic E-state index is 4.31. The molecule has 0 aliphatic carbocycles. The Balaban J connectivity index is 2.09. The van der Waals surface area contributed by atoms with Gasteiger partial charge in [0.1, 0.15) is 5.82 Å². The summed E-state index contributed by atoms with van der Waals surface area (Å²) in [6, 6.07) is 0. The van der Waals surface area contributed by atoms with Crippen LogP contribution < -0.4 is 4.90 Å². The lowest BCUT2D eigenvalue weighted by molar-refractivity contribution is 0.746. The first-order chi connectivity index (χ1) is 8.20. The Morgan fingerprint density at radius 1 is 1.29 bits per heavy atom. The zero-order valence-corrected chi connectivity index (χ0v) is 11.4. The van der Waals surface area contributed by atoms with Crippen molar-refractivity contribution in [1.82, 2.24) is 19.5 Å². The van der Waals surface area contributed by atoms with Crippen LogP contribution in [-0.2, 0) is 18.9 Å². The minimum absolute atomic E-state index is 0.692. The van der Waals surface area contributed by atoms with Gasteiger partial charge in [-0.2, -0.15) is 0 Å². The molecule has 0 bridgehead atoms. The van der Waals surface area contributed by atoms with E-state index in [0.717, 1.165) is 16.7 Å². The highest BCUT2D eigenvalue weighted by atomic mass is 79.9. The summed E-state index contributed by atoms with van der Waals surface area (Å²) in [5.74, 6) is 1.69. The van der Waals surface area contributed by atoms with Gasteiger partial charge in [-0.15, -0.1) is 0 Å². The molecule has 0 aromatic carbocycles. The molecule has 0 atom stereocenters. The topological polar surface area (TPSA) is 46.8 Å². The molecule has 0 amide bonds. The van der Waals surface area contributed by atoms with Gasteiger partial charge in [-0.05, 0) is 5.56 Å². The monoisotopic (exact) mass is 295 g/mol. The van der Waals surface area contributed by atoms with E-state index in [2.05, 4.69) is 30.9 Å². The third kappa shape index (κ3) is 2.82. The standard InChI is InChI=1S/C11H14BrN5/c1-16-4-3-13-10(16)8-17(2)11-14-6-9(5-12)7-15-11/h3-4,6-7H,5,8H2,1-2H3. The maximum atomic E-state index is 4.31. The van der Waals surface area contributed by atoms with Gasteiger partial charge in [-0.3, -0.25) is 0 Å². The second-order valence-corrected chi connectivity index (χ2v) is 4.40. The lowest BCUT2D eigenvalue weighted by Gasteiger charge is -2.16. The molecule has 0 saturated carbocycles. The summed E-state index contributed by atoms with van der Waals surface area (Å²) in [7, 11) is 3.93. The van der Waals surface area contributed by atoms with Gasteiger partial charge in [0.05, 0.1) is 6.54 Å². The molecular weight excluding hydrogens is 282 g/mol. The molecule has 2 heterocycles. The first kappa shape index (κ1) is 12.0. The summed E-state index contributed by atoms with van der Waals surface area (Å²) >= 11 is 3.37. The van der Waals surface area contributed by atoms with Crippen LogP contribution in [0.1, 0.15) is 11.4 Å². The Labute approximate surface area is 109 Å². The first-order valence-corrected chi connectivity index (χ1v) is 6.37. The van der Waals surface area contributed by atoms with Gasteiger partial charge in [0.2, 0.25) is 5.95 Å². The summed E-state index contributed by atoms with van der Waals surface area (Å²) in [5.41, 5.74) is 1.07. The zero-order valence-electron chi connectivity index (χ0n) is 9.84. The highest BCUT2D eigenvalue weighted by Crippen LogP contribution is 2.10. The van der Waals surface area contributed by atoms with Crippen molar-refractivity contribution in [3.63, 3.8) is 0 Å². The summed E-state index contributed by atoms with van der Waals surface area (Å²) < 4.78 is 1.99. The Morgan fingerprint density at radius 2 is 2.00 bits per heavy atom. The molecule has 17 heavy (non-hydrogen) atoms. The van der Waals surface area contributed by atoms with Crippen LogP contribution in [0.3, 0.4) is 0 Å². The number of alkyl halides is 1. The summed E-state index contributed by atoms with van der Waals surface area (Å²) in [5, 5.41) is 0.774. The second-order valence-electron chi connectivity index (χ2n) is 3.84. The number of anilines is 1. The van der Waals surface area contributed by atoms with Crippen molar-refractivity contribution in [2.45, 2.75) is 11.9 Å². The molecule has 90 valence electrons. The molecular formula is C11H14BrN5. The van der Waals surface area contributed by atoms with Gasteiger partial charge in [-0.25, -0.2) is 15.0 Å². The van der Waals surface area contributed by atoms with E-state index in [1.165, 1.54) is 0 Å². The fourth-order valence-corrected chi connectivity index (χ4v) is 1.74. The summed E-state index contributed by atoms with van der Waals surface area (Å²) in [6.45, 7) is 0.692. The summed E-state index contributed by atoms with van der Waals surface area (Å²) in [4.78, 5) is 14.9. The third-order valence-corrected chi connectivity index (χ3v) is 3.13. The molecule has 0 radical (unpaired) electrons. The van der Waals surface area contributed by atoms with E-state index in [1.54, 1.807) is 6.20 Å². The molecule has 0 fully saturated rings. The molecule has 0 aliphatic rings. The molecule has 0 aliphatic heterocycles. The lowest BCUT2D eigenvalue weighted by atomic mass is 10.4. The largest absolute Gasteiger partial charge is 0.337 e. The highest BCUT2D eigenvalue weighted by Gasteiger charge is 2.07. The van der Waals surface area contributed by atoms with Crippen molar-refractivity contribution in [1.29, 1.82) is 0 Å². The van der Waals surface area contributed by atoms with Gasteiger partial charge in [0.15, 0.2) is 0 Å². The van der Waals surface area contributed by atoms with Crippen LogP contribution in [-0.4, -0.2) is 26.6 Å². The van der Waals surface area contributed by atoms with Crippen molar-refractivity contribution in [2.24, 2.45) is 7.05 Å². The van der Waals surface area contributed by atoms with Crippen molar-refractivity contribution in [3.8, 4) is 0 Å². The average molecular weight is 296 g/mol. The van der Waals surface area contributed by atoms with E-state index in [0.29, 0.717) is 12.5 Å².